The van der Waals surface area contributed by atoms with Crippen molar-refractivity contribution in [1.82, 2.24) is 0 Å². The topological polar surface area (TPSA) is 0 Å². The molecule has 0 heterocycles. The monoisotopic (exact) mass is 178 g/mol. The molecule has 0 spiro atoms. The summed E-state index contributed by atoms with van der Waals surface area (Å²) in [4.78, 5) is 0. The third kappa shape index (κ3) is 11.2. The zero-order valence-corrected chi connectivity index (χ0v) is 8.84. The summed E-state index contributed by atoms with van der Waals surface area (Å²) in [5.41, 5.74) is 0. The van der Waals surface area contributed by atoms with Crippen LogP contribution in [0.3, 0.4) is 0 Å². The Morgan fingerprint density at radius 2 is 1.62 bits per heavy atom. The van der Waals surface area contributed by atoms with Crippen molar-refractivity contribution in [3.8, 4) is 0 Å². The van der Waals surface area contributed by atoms with Crippen molar-refractivity contribution in [2.45, 2.75) is 45.4 Å². The molecule has 0 N–H and O–H groups in total. The van der Waals surface area contributed by atoms with Crippen LogP contribution < -0.4 is 0 Å². The first-order chi connectivity index (χ1) is 6.41. The van der Waals surface area contributed by atoms with E-state index < -0.39 is 0 Å². The Hall–Kier alpha value is -0.780. The van der Waals surface area contributed by atoms with Gasteiger partial charge in [0.05, 0.1) is 0 Å². The highest BCUT2D eigenvalue weighted by Gasteiger charge is 1.79. The molecule has 0 aliphatic rings. The van der Waals surface area contributed by atoms with Crippen molar-refractivity contribution < 1.29 is 0 Å². The Balaban J connectivity index is 3.19. The molecular weight excluding hydrogens is 156 g/mol. The smallest absolute Gasteiger partial charge is 0.0313 e. The third-order valence-corrected chi connectivity index (χ3v) is 1.90. The van der Waals surface area contributed by atoms with Crippen LogP contribution in [0.4, 0.5) is 0 Å². The quantitative estimate of drug-likeness (QED) is 0.288. The number of rotatable bonds is 8. The van der Waals surface area contributed by atoms with Gasteiger partial charge in [0.25, 0.3) is 0 Å². The minimum absolute atomic E-state index is 1.08. The van der Waals surface area contributed by atoms with Gasteiger partial charge in [-0.2, -0.15) is 0 Å². The van der Waals surface area contributed by atoms with Crippen molar-refractivity contribution in [3.05, 3.63) is 37.0 Å². The molecule has 0 saturated carbocycles. The van der Waals surface area contributed by atoms with Crippen molar-refractivity contribution in [2.24, 2.45) is 0 Å². The number of unbranched alkanes of at least 4 members (excludes halogenated alkanes) is 4. The molecule has 13 heavy (non-hydrogen) atoms. The van der Waals surface area contributed by atoms with Crippen LogP contribution in [-0.2, 0) is 0 Å². The van der Waals surface area contributed by atoms with Crippen LogP contribution in [0.1, 0.15) is 45.4 Å². The first kappa shape index (κ1) is 12.2. The van der Waals surface area contributed by atoms with Crippen molar-refractivity contribution in [1.29, 1.82) is 0 Å². The number of allylic oxidation sites excluding steroid dienone is 5. The molecule has 0 aliphatic carbocycles. The maximum atomic E-state index is 3.68. The van der Waals surface area contributed by atoms with Gasteiger partial charge in [0.2, 0.25) is 0 Å². The van der Waals surface area contributed by atoms with Crippen LogP contribution >= 0.6 is 0 Å². The molecule has 0 radical (unpaired) electrons. The average molecular weight is 178 g/mol. The van der Waals surface area contributed by atoms with Crippen LogP contribution in [0.25, 0.3) is 0 Å². The Bertz CT molecular complexity index is 151. The first-order valence-corrected chi connectivity index (χ1v) is 5.34. The Morgan fingerprint density at radius 3 is 2.23 bits per heavy atom. The lowest BCUT2D eigenvalue weighted by Gasteiger charge is -1.89. The number of hydrogen-bond donors (Lipinski definition) is 0. The molecule has 0 rings (SSSR count). The van der Waals surface area contributed by atoms with E-state index in [1.54, 1.807) is 0 Å². The molecule has 0 aliphatic heterocycles. The van der Waals surface area contributed by atoms with Crippen LogP contribution in [0, 0.1) is 0 Å². The second-order valence-electron chi connectivity index (χ2n) is 3.22. The average Bonchev–Trinajstić information content (AvgIpc) is 2.16. The summed E-state index contributed by atoms with van der Waals surface area (Å²) in [7, 11) is 0. The summed E-state index contributed by atoms with van der Waals surface area (Å²) in [6.07, 6.45) is 18.1. The van der Waals surface area contributed by atoms with E-state index in [2.05, 4.69) is 37.8 Å². The highest BCUT2D eigenvalue weighted by molar-refractivity contribution is 5.02. The van der Waals surface area contributed by atoms with E-state index in [1.807, 2.05) is 6.08 Å². The van der Waals surface area contributed by atoms with Crippen molar-refractivity contribution >= 4 is 0 Å². The van der Waals surface area contributed by atoms with Gasteiger partial charge in [0, 0.05) is 0 Å². The molecule has 0 bridgehead atoms. The van der Waals surface area contributed by atoms with Crippen LogP contribution in [0.15, 0.2) is 37.0 Å². The van der Waals surface area contributed by atoms with Gasteiger partial charge in [0.15, 0.2) is 0 Å². The largest absolute Gasteiger partial charge is 0.103 e. The van der Waals surface area contributed by atoms with Gasteiger partial charge in [-0.3, -0.25) is 0 Å². The molecule has 0 fully saturated rings. The SMILES string of the molecule is C=CCCC=CC=CCCCCC. The second kappa shape index (κ2) is 11.2. The Labute approximate surface area is 83.0 Å². The predicted octanol–water partition coefficient (Wildman–Crippen LogP) is 4.65. The van der Waals surface area contributed by atoms with E-state index in [0.29, 0.717) is 0 Å². The molecule has 0 aromatic rings. The minimum atomic E-state index is 1.08. The van der Waals surface area contributed by atoms with E-state index in [4.69, 9.17) is 0 Å². The molecule has 0 amide bonds. The fourth-order valence-corrected chi connectivity index (χ4v) is 1.08. The van der Waals surface area contributed by atoms with Crippen molar-refractivity contribution in [2.75, 3.05) is 0 Å². The summed E-state index contributed by atoms with van der Waals surface area (Å²) < 4.78 is 0. The molecule has 74 valence electrons. The molecule has 0 heteroatoms. The van der Waals surface area contributed by atoms with Gasteiger partial charge in [-0.05, 0) is 25.7 Å². The first-order valence-electron chi connectivity index (χ1n) is 5.34. The zero-order valence-electron chi connectivity index (χ0n) is 8.84. The summed E-state index contributed by atoms with van der Waals surface area (Å²) in [5.74, 6) is 0. The van der Waals surface area contributed by atoms with Gasteiger partial charge in [-0.25, -0.2) is 0 Å². The maximum absolute atomic E-state index is 3.68. The molecule has 0 aromatic carbocycles. The van der Waals surface area contributed by atoms with E-state index in [-0.39, 0.29) is 0 Å². The van der Waals surface area contributed by atoms with Crippen LogP contribution in [0.5, 0.6) is 0 Å². The van der Waals surface area contributed by atoms with E-state index in [0.717, 1.165) is 12.8 Å². The highest BCUT2D eigenvalue weighted by Crippen LogP contribution is 1.99. The fraction of sp³-hybridized carbons (Fsp3) is 0.538. The lowest BCUT2D eigenvalue weighted by Crippen LogP contribution is -1.69. The van der Waals surface area contributed by atoms with Gasteiger partial charge < -0.3 is 0 Å². The van der Waals surface area contributed by atoms with E-state index in [9.17, 15) is 0 Å². The molecule has 0 saturated heterocycles. The molecular formula is C13H22. The summed E-state index contributed by atoms with van der Waals surface area (Å²) in [6, 6.07) is 0. The zero-order chi connectivity index (χ0) is 9.78. The van der Waals surface area contributed by atoms with Gasteiger partial charge in [0.1, 0.15) is 0 Å². The summed E-state index contributed by atoms with van der Waals surface area (Å²) >= 11 is 0. The summed E-state index contributed by atoms with van der Waals surface area (Å²) in [5, 5.41) is 0. The van der Waals surface area contributed by atoms with Gasteiger partial charge >= 0.3 is 0 Å². The minimum Gasteiger partial charge on any atom is -0.103 e. The second-order valence-corrected chi connectivity index (χ2v) is 3.22. The van der Waals surface area contributed by atoms with Gasteiger partial charge in [-0.15, -0.1) is 6.58 Å². The predicted molar refractivity (Wildman–Crippen MR) is 61.9 cm³/mol. The summed E-state index contributed by atoms with van der Waals surface area (Å²) in [6.45, 7) is 5.91. The van der Waals surface area contributed by atoms with E-state index >= 15 is 0 Å². The van der Waals surface area contributed by atoms with Crippen LogP contribution in [0.2, 0.25) is 0 Å². The normalized spacial score (nSPS) is 11.5. The van der Waals surface area contributed by atoms with E-state index in [1.165, 1.54) is 25.7 Å². The van der Waals surface area contributed by atoms with Gasteiger partial charge in [-0.1, -0.05) is 50.1 Å². The highest BCUT2D eigenvalue weighted by atomic mass is 13.9. The lowest BCUT2D eigenvalue weighted by atomic mass is 10.2. The fourth-order valence-electron chi connectivity index (χ4n) is 1.08. The molecule has 0 nitrogen and oxygen atoms in total. The molecule has 0 atom stereocenters. The number of hydrogen-bond acceptors (Lipinski definition) is 0. The standard InChI is InChI=1S/C13H22/c1-3-5-7-9-11-13-12-10-8-6-4-2/h3,9,11-13H,1,4-8,10H2,2H3. The van der Waals surface area contributed by atoms with Crippen LogP contribution in [-0.4, -0.2) is 0 Å². The molecule has 0 unspecified atom stereocenters. The lowest BCUT2D eigenvalue weighted by molar-refractivity contribution is 0.729. The Kier molecular flexibility index (Phi) is 10.5. The third-order valence-electron chi connectivity index (χ3n) is 1.90. The molecule has 0 aromatic heterocycles. The van der Waals surface area contributed by atoms with Crippen molar-refractivity contribution in [3.63, 3.8) is 0 Å². The maximum Gasteiger partial charge on any atom is -0.0313 e. The Morgan fingerprint density at radius 1 is 0.923 bits per heavy atom.